The molecule has 4 nitrogen and oxygen atoms in total. The standard InChI is InChI=1S/C11H12FN3O/c1-6-3-10(16-2)7(4-8(6)12)9-5-14-11(13)15-9/h3-5H,1-2H3,(H3,13,14,15). The normalized spacial score (nSPS) is 10.4. The molecule has 0 amide bonds. The number of nitrogen functional groups attached to an aromatic ring is 1. The molecule has 0 bridgehead atoms. The summed E-state index contributed by atoms with van der Waals surface area (Å²) in [5.41, 5.74) is 7.25. The lowest BCUT2D eigenvalue weighted by Gasteiger charge is -2.08. The van der Waals surface area contributed by atoms with Gasteiger partial charge in [-0.25, -0.2) is 9.37 Å². The van der Waals surface area contributed by atoms with Crippen molar-refractivity contribution in [2.24, 2.45) is 0 Å². The van der Waals surface area contributed by atoms with E-state index in [1.54, 1.807) is 19.2 Å². The molecule has 2 rings (SSSR count). The number of benzene rings is 1. The molecule has 0 aliphatic rings. The highest BCUT2D eigenvalue weighted by Crippen LogP contribution is 2.31. The van der Waals surface area contributed by atoms with E-state index >= 15 is 0 Å². The van der Waals surface area contributed by atoms with E-state index in [0.29, 0.717) is 22.6 Å². The first kappa shape index (κ1) is 10.5. The fourth-order valence-corrected chi connectivity index (χ4v) is 1.51. The van der Waals surface area contributed by atoms with Gasteiger partial charge in [0, 0.05) is 5.56 Å². The van der Waals surface area contributed by atoms with Gasteiger partial charge in [-0.3, -0.25) is 0 Å². The summed E-state index contributed by atoms with van der Waals surface area (Å²) in [5.74, 6) is 0.588. The summed E-state index contributed by atoms with van der Waals surface area (Å²) < 4.78 is 18.7. The smallest absolute Gasteiger partial charge is 0.197 e. The lowest BCUT2D eigenvalue weighted by molar-refractivity contribution is 0.414. The Bertz CT molecular complexity index is 522. The monoisotopic (exact) mass is 221 g/mol. The highest BCUT2D eigenvalue weighted by molar-refractivity contribution is 5.68. The minimum atomic E-state index is -0.288. The van der Waals surface area contributed by atoms with Crippen molar-refractivity contribution in [3.63, 3.8) is 0 Å². The molecule has 2 aromatic rings. The molecule has 0 aliphatic carbocycles. The van der Waals surface area contributed by atoms with E-state index in [9.17, 15) is 4.39 Å². The Kier molecular flexibility index (Phi) is 2.52. The van der Waals surface area contributed by atoms with E-state index < -0.39 is 0 Å². The van der Waals surface area contributed by atoms with Gasteiger partial charge in [0.05, 0.1) is 19.0 Å². The quantitative estimate of drug-likeness (QED) is 0.816. The number of aryl methyl sites for hydroxylation is 1. The average Bonchev–Trinajstić information content (AvgIpc) is 2.68. The Morgan fingerprint density at radius 2 is 2.19 bits per heavy atom. The molecular formula is C11H12FN3O. The fraction of sp³-hybridized carbons (Fsp3) is 0.182. The lowest BCUT2D eigenvalue weighted by Crippen LogP contribution is -1.93. The molecule has 0 unspecified atom stereocenters. The molecule has 0 spiro atoms. The molecule has 1 heterocycles. The number of hydrogen-bond acceptors (Lipinski definition) is 3. The maximum atomic E-state index is 13.5. The lowest BCUT2D eigenvalue weighted by atomic mass is 10.1. The Morgan fingerprint density at radius 3 is 2.75 bits per heavy atom. The number of imidazole rings is 1. The second kappa shape index (κ2) is 3.84. The van der Waals surface area contributed by atoms with E-state index in [-0.39, 0.29) is 11.8 Å². The zero-order chi connectivity index (χ0) is 11.7. The van der Waals surface area contributed by atoms with E-state index in [1.807, 2.05) is 0 Å². The predicted molar refractivity (Wildman–Crippen MR) is 59.7 cm³/mol. The number of nitrogens with zero attached hydrogens (tertiary/aromatic N) is 1. The molecular weight excluding hydrogens is 209 g/mol. The maximum absolute atomic E-state index is 13.5. The van der Waals surface area contributed by atoms with Crippen molar-refractivity contribution in [1.29, 1.82) is 0 Å². The molecule has 0 fully saturated rings. The van der Waals surface area contributed by atoms with Gasteiger partial charge in [0.2, 0.25) is 0 Å². The van der Waals surface area contributed by atoms with Gasteiger partial charge in [0.15, 0.2) is 5.95 Å². The van der Waals surface area contributed by atoms with Gasteiger partial charge < -0.3 is 15.5 Å². The molecule has 0 saturated carbocycles. The predicted octanol–water partition coefficient (Wildman–Crippen LogP) is 2.12. The van der Waals surface area contributed by atoms with Crippen LogP contribution < -0.4 is 10.5 Å². The number of nitrogens with one attached hydrogen (secondary N) is 1. The average molecular weight is 221 g/mol. The van der Waals surface area contributed by atoms with Gasteiger partial charge in [-0.05, 0) is 24.6 Å². The Morgan fingerprint density at radius 1 is 1.44 bits per heavy atom. The number of nitrogens with two attached hydrogens (primary N) is 1. The Hall–Kier alpha value is -2.04. The van der Waals surface area contributed by atoms with Crippen LogP contribution >= 0.6 is 0 Å². The van der Waals surface area contributed by atoms with E-state index in [2.05, 4.69) is 9.97 Å². The van der Waals surface area contributed by atoms with Crippen molar-refractivity contribution in [3.05, 3.63) is 29.7 Å². The van der Waals surface area contributed by atoms with Crippen LogP contribution in [0.15, 0.2) is 18.3 Å². The van der Waals surface area contributed by atoms with Gasteiger partial charge in [-0.15, -0.1) is 0 Å². The van der Waals surface area contributed by atoms with Crippen molar-refractivity contribution >= 4 is 5.95 Å². The zero-order valence-electron chi connectivity index (χ0n) is 9.04. The van der Waals surface area contributed by atoms with Gasteiger partial charge in [0.1, 0.15) is 11.6 Å². The Labute approximate surface area is 92.3 Å². The van der Waals surface area contributed by atoms with Gasteiger partial charge in [0.25, 0.3) is 0 Å². The third-order valence-electron chi connectivity index (χ3n) is 2.37. The fourth-order valence-electron chi connectivity index (χ4n) is 1.51. The van der Waals surface area contributed by atoms with Crippen LogP contribution in [0.1, 0.15) is 5.56 Å². The molecule has 0 saturated heterocycles. The number of H-pyrrole nitrogens is 1. The molecule has 0 atom stereocenters. The van der Waals surface area contributed by atoms with Crippen LogP contribution in [0.4, 0.5) is 10.3 Å². The first-order valence-corrected chi connectivity index (χ1v) is 4.77. The van der Waals surface area contributed by atoms with Crippen molar-refractivity contribution in [2.75, 3.05) is 12.8 Å². The Balaban J connectivity index is 2.59. The van der Waals surface area contributed by atoms with E-state index in [0.717, 1.165) is 0 Å². The minimum Gasteiger partial charge on any atom is -0.496 e. The van der Waals surface area contributed by atoms with Gasteiger partial charge in [-0.1, -0.05) is 0 Å². The number of hydrogen-bond donors (Lipinski definition) is 2. The second-order valence-electron chi connectivity index (χ2n) is 3.48. The summed E-state index contributed by atoms with van der Waals surface area (Å²) in [5, 5.41) is 0. The van der Waals surface area contributed by atoms with Gasteiger partial charge >= 0.3 is 0 Å². The zero-order valence-corrected chi connectivity index (χ0v) is 9.04. The third-order valence-corrected chi connectivity index (χ3v) is 2.37. The number of aromatic amines is 1. The maximum Gasteiger partial charge on any atom is 0.197 e. The first-order chi connectivity index (χ1) is 7.61. The van der Waals surface area contributed by atoms with Crippen LogP contribution in [-0.2, 0) is 0 Å². The van der Waals surface area contributed by atoms with E-state index in [1.165, 1.54) is 13.2 Å². The molecule has 1 aromatic carbocycles. The second-order valence-corrected chi connectivity index (χ2v) is 3.48. The van der Waals surface area contributed by atoms with Crippen LogP contribution in [0.25, 0.3) is 11.3 Å². The van der Waals surface area contributed by atoms with Crippen LogP contribution in [0.3, 0.4) is 0 Å². The van der Waals surface area contributed by atoms with Gasteiger partial charge in [-0.2, -0.15) is 0 Å². The highest BCUT2D eigenvalue weighted by Gasteiger charge is 2.11. The summed E-state index contributed by atoms with van der Waals surface area (Å²) in [7, 11) is 1.54. The SMILES string of the molecule is COc1cc(C)c(F)cc1-c1cnc(N)[nH]1. The largest absolute Gasteiger partial charge is 0.496 e. The van der Waals surface area contributed by atoms with Crippen molar-refractivity contribution in [3.8, 4) is 17.0 Å². The highest BCUT2D eigenvalue weighted by atomic mass is 19.1. The number of rotatable bonds is 2. The topological polar surface area (TPSA) is 63.9 Å². The molecule has 16 heavy (non-hydrogen) atoms. The van der Waals surface area contributed by atoms with Crippen LogP contribution in [0.5, 0.6) is 5.75 Å². The molecule has 1 aromatic heterocycles. The number of aromatic nitrogens is 2. The summed E-state index contributed by atoms with van der Waals surface area (Å²) in [6.07, 6.45) is 1.54. The van der Waals surface area contributed by atoms with Crippen LogP contribution in [0, 0.1) is 12.7 Å². The number of halogens is 1. The summed E-state index contributed by atoms with van der Waals surface area (Å²) in [6.45, 7) is 1.68. The number of ether oxygens (including phenoxy) is 1. The third kappa shape index (κ3) is 1.71. The summed E-state index contributed by atoms with van der Waals surface area (Å²) in [4.78, 5) is 6.70. The van der Waals surface area contributed by atoms with Crippen LogP contribution in [-0.4, -0.2) is 17.1 Å². The van der Waals surface area contributed by atoms with Crippen molar-refractivity contribution in [2.45, 2.75) is 6.92 Å². The molecule has 84 valence electrons. The van der Waals surface area contributed by atoms with Crippen molar-refractivity contribution < 1.29 is 9.13 Å². The summed E-state index contributed by atoms with van der Waals surface area (Å²) in [6, 6.07) is 3.04. The van der Waals surface area contributed by atoms with Crippen LogP contribution in [0.2, 0.25) is 0 Å². The van der Waals surface area contributed by atoms with E-state index in [4.69, 9.17) is 10.5 Å². The molecule has 0 aliphatic heterocycles. The minimum absolute atomic E-state index is 0.288. The number of anilines is 1. The summed E-state index contributed by atoms with van der Waals surface area (Å²) >= 11 is 0. The molecule has 3 N–H and O–H groups in total. The molecule has 5 heteroatoms. The first-order valence-electron chi connectivity index (χ1n) is 4.77. The molecule has 0 radical (unpaired) electrons. The van der Waals surface area contributed by atoms with Crippen molar-refractivity contribution in [1.82, 2.24) is 9.97 Å². The number of methoxy groups -OCH3 is 1.